The van der Waals surface area contributed by atoms with Gasteiger partial charge in [0.1, 0.15) is 12.4 Å². The molecule has 1 unspecified atom stereocenters. The van der Waals surface area contributed by atoms with Crippen molar-refractivity contribution in [3.05, 3.63) is 83.4 Å². The topological polar surface area (TPSA) is 76.7 Å². The minimum Gasteiger partial charge on any atom is -0.409 e. The molecule has 36 heavy (non-hydrogen) atoms. The Morgan fingerprint density at radius 3 is 2.53 bits per heavy atom. The van der Waals surface area contributed by atoms with Crippen molar-refractivity contribution in [2.75, 3.05) is 25.1 Å². The van der Waals surface area contributed by atoms with E-state index in [4.69, 9.17) is 9.47 Å². The van der Waals surface area contributed by atoms with Crippen molar-refractivity contribution >= 4 is 17.6 Å². The summed E-state index contributed by atoms with van der Waals surface area (Å²) in [5.74, 6) is 0.149. The molecule has 3 aromatic carbocycles. The van der Waals surface area contributed by atoms with Crippen molar-refractivity contribution in [2.24, 2.45) is 0 Å². The monoisotopic (exact) mass is 498 g/mol. The number of fused-ring (bicyclic) bond motifs is 1. The van der Waals surface area contributed by atoms with Crippen LogP contribution in [0.25, 0.3) is 11.1 Å². The second-order valence-electron chi connectivity index (χ2n) is 8.24. The molecule has 1 aliphatic heterocycles. The number of carbonyl (C=O) groups excluding carboxylic acids is 2. The van der Waals surface area contributed by atoms with Crippen LogP contribution >= 0.6 is 0 Å². The van der Waals surface area contributed by atoms with Crippen LogP contribution < -0.4 is 15.4 Å². The zero-order chi connectivity index (χ0) is 25.7. The summed E-state index contributed by atoms with van der Waals surface area (Å²) in [6, 6.07) is 16.1. The summed E-state index contributed by atoms with van der Waals surface area (Å²) < 4.78 is 49.4. The number of anilines is 1. The highest BCUT2D eigenvalue weighted by atomic mass is 19.4. The maximum absolute atomic E-state index is 12.9. The van der Waals surface area contributed by atoms with Gasteiger partial charge in [0.25, 0.3) is 0 Å². The van der Waals surface area contributed by atoms with Gasteiger partial charge in [-0.15, -0.1) is 0 Å². The van der Waals surface area contributed by atoms with Crippen LogP contribution in [-0.2, 0) is 22.1 Å². The Balaban J connectivity index is 1.47. The molecule has 0 saturated carbocycles. The molecule has 0 aromatic heterocycles. The Morgan fingerprint density at radius 1 is 1.06 bits per heavy atom. The minimum atomic E-state index is -4.43. The molecule has 6 nitrogen and oxygen atoms in total. The Bertz CT molecular complexity index is 1240. The van der Waals surface area contributed by atoms with Crippen LogP contribution in [0.3, 0.4) is 0 Å². The Hall–Kier alpha value is -3.69. The lowest BCUT2D eigenvalue weighted by atomic mass is 9.91. The summed E-state index contributed by atoms with van der Waals surface area (Å²) in [6.07, 6.45) is -4.49. The minimum absolute atomic E-state index is 0.0261. The fourth-order valence-electron chi connectivity index (χ4n) is 4.09. The highest BCUT2D eigenvalue weighted by Crippen LogP contribution is 2.34. The summed E-state index contributed by atoms with van der Waals surface area (Å²) in [4.78, 5) is 25.1. The van der Waals surface area contributed by atoms with Crippen LogP contribution in [0.4, 0.5) is 23.7 Å². The first-order chi connectivity index (χ1) is 17.3. The Labute approximate surface area is 206 Å². The first kappa shape index (κ1) is 25.4. The summed E-state index contributed by atoms with van der Waals surface area (Å²) in [5, 5.41) is 5.89. The summed E-state index contributed by atoms with van der Waals surface area (Å²) >= 11 is 0. The standard InChI is InChI=1S/C27H25F3N2O4/c1-2-35-16-23(33)25-22-12-11-20(15-18(22)13-14-31-25)32-26(34)36-24-6-4-3-5-21(24)17-7-9-19(10-8-17)27(28,29)30/h3-12,15,25,31H,2,13-14,16H2,1H3,(H,32,34). The van der Waals surface area contributed by atoms with Gasteiger partial charge in [-0.25, -0.2) is 4.79 Å². The van der Waals surface area contributed by atoms with Crippen LogP contribution in [0.1, 0.15) is 29.7 Å². The second kappa shape index (κ2) is 10.9. The lowest BCUT2D eigenvalue weighted by Crippen LogP contribution is -2.37. The molecule has 0 aliphatic carbocycles. The number of benzene rings is 3. The van der Waals surface area contributed by atoms with E-state index in [1.54, 1.807) is 42.5 Å². The van der Waals surface area contributed by atoms with E-state index >= 15 is 0 Å². The Kier molecular flexibility index (Phi) is 7.71. The van der Waals surface area contributed by atoms with E-state index in [1.165, 1.54) is 12.1 Å². The third-order valence-electron chi connectivity index (χ3n) is 5.83. The smallest absolute Gasteiger partial charge is 0.409 e. The molecular formula is C27H25F3N2O4. The number of hydrogen-bond acceptors (Lipinski definition) is 5. The number of ether oxygens (including phenoxy) is 2. The zero-order valence-electron chi connectivity index (χ0n) is 19.5. The molecule has 2 N–H and O–H groups in total. The predicted octanol–water partition coefficient (Wildman–Crippen LogP) is 5.78. The third kappa shape index (κ3) is 5.92. The van der Waals surface area contributed by atoms with Gasteiger partial charge in [0, 0.05) is 24.4 Å². The molecule has 0 radical (unpaired) electrons. The van der Waals surface area contributed by atoms with Crippen molar-refractivity contribution < 1.29 is 32.2 Å². The highest BCUT2D eigenvalue weighted by molar-refractivity contribution is 5.89. The van der Waals surface area contributed by atoms with E-state index in [9.17, 15) is 22.8 Å². The number of rotatable bonds is 7. The largest absolute Gasteiger partial charge is 0.417 e. The van der Waals surface area contributed by atoms with Crippen molar-refractivity contribution in [2.45, 2.75) is 25.6 Å². The van der Waals surface area contributed by atoms with Crippen LogP contribution in [0.5, 0.6) is 5.75 Å². The van der Waals surface area contributed by atoms with Gasteiger partial charge >= 0.3 is 12.3 Å². The fraction of sp³-hybridized carbons (Fsp3) is 0.259. The predicted molar refractivity (Wildman–Crippen MR) is 129 cm³/mol. The quantitative estimate of drug-likeness (QED) is 0.432. The van der Waals surface area contributed by atoms with E-state index < -0.39 is 23.9 Å². The van der Waals surface area contributed by atoms with Crippen LogP contribution in [0, 0.1) is 0 Å². The Morgan fingerprint density at radius 2 is 1.81 bits per heavy atom. The molecule has 0 fully saturated rings. The van der Waals surface area contributed by atoms with Crippen LogP contribution in [0.15, 0.2) is 66.7 Å². The number of nitrogens with one attached hydrogen (secondary N) is 2. The number of alkyl halides is 3. The molecular weight excluding hydrogens is 473 g/mol. The van der Waals surface area contributed by atoms with Crippen LogP contribution in [0.2, 0.25) is 0 Å². The molecule has 4 rings (SSSR count). The molecule has 9 heteroatoms. The SMILES string of the molecule is CCOCC(=O)C1NCCc2cc(NC(=O)Oc3ccccc3-c3ccc(C(F)(F)F)cc3)ccc21. The average Bonchev–Trinajstić information content (AvgIpc) is 2.86. The lowest BCUT2D eigenvalue weighted by molar-refractivity contribution is -0.137. The van der Waals surface area contributed by atoms with Crippen molar-refractivity contribution in [3.63, 3.8) is 0 Å². The van der Waals surface area contributed by atoms with E-state index in [-0.39, 0.29) is 18.1 Å². The van der Waals surface area contributed by atoms with Gasteiger partial charge in [-0.2, -0.15) is 13.2 Å². The van der Waals surface area contributed by atoms with Gasteiger partial charge in [0.15, 0.2) is 5.78 Å². The second-order valence-corrected chi connectivity index (χ2v) is 8.24. The number of Topliss-reactive ketones (excluding diaryl/α,β-unsaturated/α-hetero) is 1. The maximum atomic E-state index is 12.9. The van der Waals surface area contributed by atoms with Gasteiger partial charge in [0.05, 0.1) is 11.6 Å². The normalized spacial score (nSPS) is 15.2. The summed E-state index contributed by atoms with van der Waals surface area (Å²) in [6.45, 7) is 2.93. The molecule has 0 bridgehead atoms. The molecule has 0 spiro atoms. The van der Waals surface area contributed by atoms with E-state index in [1.807, 2.05) is 6.92 Å². The maximum Gasteiger partial charge on any atom is 0.417 e. The van der Waals surface area contributed by atoms with Crippen molar-refractivity contribution in [1.29, 1.82) is 0 Å². The van der Waals surface area contributed by atoms with E-state index in [0.717, 1.165) is 23.3 Å². The van der Waals surface area contributed by atoms with Crippen molar-refractivity contribution in [1.82, 2.24) is 5.32 Å². The lowest BCUT2D eigenvalue weighted by Gasteiger charge is -2.26. The molecule has 188 valence electrons. The molecule has 1 atom stereocenters. The molecule has 3 aromatic rings. The molecule has 1 heterocycles. The van der Waals surface area contributed by atoms with Crippen molar-refractivity contribution in [3.8, 4) is 16.9 Å². The number of halogens is 3. The third-order valence-corrected chi connectivity index (χ3v) is 5.83. The number of para-hydroxylation sites is 1. The fourth-order valence-corrected chi connectivity index (χ4v) is 4.09. The zero-order valence-corrected chi connectivity index (χ0v) is 19.5. The van der Waals surface area contributed by atoms with E-state index in [2.05, 4.69) is 10.6 Å². The van der Waals surface area contributed by atoms with Gasteiger partial charge in [0.2, 0.25) is 0 Å². The molecule has 1 aliphatic rings. The summed E-state index contributed by atoms with van der Waals surface area (Å²) in [5.41, 5.74) is 2.49. The first-order valence-corrected chi connectivity index (χ1v) is 11.5. The number of hydrogen-bond donors (Lipinski definition) is 2. The number of amides is 1. The van der Waals surface area contributed by atoms with Gasteiger partial charge in [-0.05, 0) is 60.4 Å². The summed E-state index contributed by atoms with van der Waals surface area (Å²) in [7, 11) is 0. The molecule has 1 amide bonds. The highest BCUT2D eigenvalue weighted by Gasteiger charge is 2.30. The number of ketones is 1. The van der Waals surface area contributed by atoms with E-state index in [0.29, 0.717) is 36.4 Å². The first-order valence-electron chi connectivity index (χ1n) is 11.5. The average molecular weight is 499 g/mol. The number of carbonyl (C=O) groups is 2. The van der Waals surface area contributed by atoms with Gasteiger partial charge < -0.3 is 14.8 Å². The van der Waals surface area contributed by atoms with Gasteiger partial charge in [-0.3, -0.25) is 10.1 Å². The van der Waals surface area contributed by atoms with Gasteiger partial charge in [-0.1, -0.05) is 36.4 Å². The van der Waals surface area contributed by atoms with Crippen LogP contribution in [-0.4, -0.2) is 31.6 Å². The molecule has 0 saturated heterocycles.